The molecule has 3 N–H and O–H groups in total. The lowest BCUT2D eigenvalue weighted by molar-refractivity contribution is -0.385. The molecule has 0 radical (unpaired) electrons. The standard InChI is InChI=1S/C21H19N3O6/c1-12(2)13-4-3-5-14(10-13)16-8-9-30-19(16)21(27)23-22-20(26)15-6-7-18(25)17(11-15)24(28)29/h3-12,25H,1-2H3,(H,22,26)(H,23,27). The molecule has 0 atom stereocenters. The Morgan fingerprint density at radius 1 is 1.07 bits per heavy atom. The van der Waals surface area contributed by atoms with Gasteiger partial charge in [-0.2, -0.15) is 0 Å². The van der Waals surface area contributed by atoms with Crippen molar-refractivity contribution in [2.24, 2.45) is 0 Å². The van der Waals surface area contributed by atoms with Crippen LogP contribution in [0.2, 0.25) is 0 Å². The van der Waals surface area contributed by atoms with E-state index in [1.807, 2.05) is 24.3 Å². The fourth-order valence-corrected chi connectivity index (χ4v) is 2.83. The quantitative estimate of drug-likeness (QED) is 0.434. The number of nitro groups is 1. The highest BCUT2D eigenvalue weighted by molar-refractivity contribution is 6.01. The second-order valence-electron chi connectivity index (χ2n) is 6.81. The second kappa shape index (κ2) is 8.48. The third-order valence-corrected chi connectivity index (χ3v) is 4.46. The topological polar surface area (TPSA) is 135 Å². The van der Waals surface area contributed by atoms with Gasteiger partial charge in [0.25, 0.3) is 5.91 Å². The normalized spacial score (nSPS) is 10.6. The average Bonchev–Trinajstić information content (AvgIpc) is 3.22. The Morgan fingerprint density at radius 2 is 1.80 bits per heavy atom. The first kappa shape index (κ1) is 20.6. The molecule has 30 heavy (non-hydrogen) atoms. The van der Waals surface area contributed by atoms with E-state index in [9.17, 15) is 24.8 Å². The third kappa shape index (κ3) is 4.30. The van der Waals surface area contributed by atoms with Gasteiger partial charge in [-0.1, -0.05) is 38.1 Å². The number of rotatable bonds is 5. The van der Waals surface area contributed by atoms with Crippen LogP contribution in [0.4, 0.5) is 5.69 Å². The van der Waals surface area contributed by atoms with Gasteiger partial charge in [-0.05, 0) is 35.2 Å². The number of furan rings is 1. The predicted octanol–water partition coefficient (Wildman–Crippen LogP) is 3.76. The molecule has 0 fully saturated rings. The minimum absolute atomic E-state index is 0.00731. The van der Waals surface area contributed by atoms with Crippen LogP contribution in [-0.4, -0.2) is 21.8 Å². The highest BCUT2D eigenvalue weighted by Gasteiger charge is 2.20. The minimum atomic E-state index is -0.814. The van der Waals surface area contributed by atoms with Gasteiger partial charge in [-0.15, -0.1) is 0 Å². The first-order valence-electron chi connectivity index (χ1n) is 9.04. The fraction of sp³-hybridized carbons (Fsp3) is 0.143. The molecule has 0 aliphatic rings. The Labute approximate surface area is 171 Å². The van der Waals surface area contributed by atoms with Crippen molar-refractivity contribution in [3.63, 3.8) is 0 Å². The van der Waals surface area contributed by atoms with Gasteiger partial charge < -0.3 is 9.52 Å². The van der Waals surface area contributed by atoms with E-state index in [0.29, 0.717) is 11.5 Å². The summed E-state index contributed by atoms with van der Waals surface area (Å²) in [5, 5.41) is 20.4. The number of phenols is 1. The molecule has 2 amide bonds. The van der Waals surface area contributed by atoms with Crippen molar-refractivity contribution in [1.29, 1.82) is 0 Å². The molecule has 0 saturated carbocycles. The molecular formula is C21H19N3O6. The Kier molecular flexibility index (Phi) is 5.82. The van der Waals surface area contributed by atoms with Gasteiger partial charge in [-0.25, -0.2) is 0 Å². The number of nitro benzene ring substituents is 1. The van der Waals surface area contributed by atoms with Crippen molar-refractivity contribution in [3.05, 3.63) is 81.8 Å². The first-order chi connectivity index (χ1) is 14.3. The van der Waals surface area contributed by atoms with Gasteiger partial charge in [0, 0.05) is 17.2 Å². The van der Waals surface area contributed by atoms with Crippen LogP contribution < -0.4 is 10.9 Å². The predicted molar refractivity (Wildman–Crippen MR) is 108 cm³/mol. The third-order valence-electron chi connectivity index (χ3n) is 4.46. The summed E-state index contributed by atoms with van der Waals surface area (Å²) in [5.74, 6) is -1.73. The lowest BCUT2D eigenvalue weighted by Gasteiger charge is -2.09. The second-order valence-corrected chi connectivity index (χ2v) is 6.81. The number of hydrazine groups is 1. The number of phenolic OH excluding ortho intramolecular Hbond substituents is 1. The largest absolute Gasteiger partial charge is 0.502 e. The molecule has 0 aliphatic heterocycles. The molecule has 0 unspecified atom stereocenters. The molecule has 9 heteroatoms. The SMILES string of the molecule is CC(C)c1cccc(-c2ccoc2C(=O)NNC(=O)c2ccc(O)c([N+](=O)[O-])c2)c1. The number of benzene rings is 2. The molecule has 2 aromatic carbocycles. The van der Waals surface area contributed by atoms with Crippen LogP contribution in [0.25, 0.3) is 11.1 Å². The number of hydrogen-bond donors (Lipinski definition) is 3. The van der Waals surface area contributed by atoms with Gasteiger partial charge in [0.15, 0.2) is 5.75 Å². The summed E-state index contributed by atoms with van der Waals surface area (Å²) in [7, 11) is 0. The average molecular weight is 409 g/mol. The van der Waals surface area contributed by atoms with Gasteiger partial charge in [0.1, 0.15) is 0 Å². The van der Waals surface area contributed by atoms with Crippen molar-refractivity contribution in [3.8, 4) is 16.9 Å². The van der Waals surface area contributed by atoms with Crippen LogP contribution >= 0.6 is 0 Å². The van der Waals surface area contributed by atoms with Crippen LogP contribution in [0.1, 0.15) is 46.2 Å². The maximum atomic E-state index is 12.5. The number of aromatic hydroxyl groups is 1. The summed E-state index contributed by atoms with van der Waals surface area (Å²) in [6.45, 7) is 4.12. The zero-order valence-corrected chi connectivity index (χ0v) is 16.2. The molecule has 0 aliphatic carbocycles. The Balaban J connectivity index is 1.75. The summed E-state index contributed by atoms with van der Waals surface area (Å²) in [6, 6.07) is 12.5. The lowest BCUT2D eigenvalue weighted by atomic mass is 9.97. The highest BCUT2D eigenvalue weighted by Crippen LogP contribution is 2.28. The van der Waals surface area contributed by atoms with Crippen molar-refractivity contribution in [2.45, 2.75) is 19.8 Å². The van der Waals surface area contributed by atoms with E-state index in [-0.39, 0.29) is 11.3 Å². The Hall–Kier alpha value is -4.14. The summed E-state index contributed by atoms with van der Waals surface area (Å²) in [6.07, 6.45) is 1.37. The zero-order valence-electron chi connectivity index (χ0n) is 16.2. The van der Waals surface area contributed by atoms with Crippen LogP contribution in [0.15, 0.2) is 59.2 Å². The summed E-state index contributed by atoms with van der Waals surface area (Å²) < 4.78 is 5.30. The van der Waals surface area contributed by atoms with Gasteiger partial charge in [0.05, 0.1) is 11.2 Å². The number of nitrogens with one attached hydrogen (secondary N) is 2. The molecule has 0 saturated heterocycles. The molecule has 0 spiro atoms. The van der Waals surface area contributed by atoms with E-state index in [4.69, 9.17) is 4.42 Å². The van der Waals surface area contributed by atoms with E-state index in [1.54, 1.807) is 6.07 Å². The molecule has 9 nitrogen and oxygen atoms in total. The smallest absolute Gasteiger partial charge is 0.311 e. The minimum Gasteiger partial charge on any atom is -0.502 e. The van der Waals surface area contributed by atoms with E-state index >= 15 is 0 Å². The van der Waals surface area contributed by atoms with E-state index < -0.39 is 28.2 Å². The van der Waals surface area contributed by atoms with E-state index in [1.165, 1.54) is 12.3 Å². The van der Waals surface area contributed by atoms with Crippen LogP contribution in [0.3, 0.4) is 0 Å². The number of amides is 2. The fourth-order valence-electron chi connectivity index (χ4n) is 2.83. The lowest BCUT2D eigenvalue weighted by Crippen LogP contribution is -2.41. The van der Waals surface area contributed by atoms with E-state index in [2.05, 4.69) is 24.7 Å². The summed E-state index contributed by atoms with van der Waals surface area (Å²) >= 11 is 0. The van der Waals surface area contributed by atoms with Crippen LogP contribution in [-0.2, 0) is 0 Å². The Morgan fingerprint density at radius 3 is 2.50 bits per heavy atom. The van der Waals surface area contributed by atoms with Crippen LogP contribution in [0.5, 0.6) is 5.75 Å². The zero-order chi connectivity index (χ0) is 21.8. The van der Waals surface area contributed by atoms with Crippen molar-refractivity contribution < 1.29 is 24.0 Å². The molecule has 1 heterocycles. The van der Waals surface area contributed by atoms with Gasteiger partial charge in [-0.3, -0.25) is 30.6 Å². The van der Waals surface area contributed by atoms with Crippen molar-refractivity contribution in [1.82, 2.24) is 10.9 Å². The van der Waals surface area contributed by atoms with Gasteiger partial charge in [0.2, 0.25) is 5.76 Å². The first-order valence-corrected chi connectivity index (χ1v) is 9.04. The number of hydrogen-bond acceptors (Lipinski definition) is 6. The molecule has 154 valence electrons. The maximum absolute atomic E-state index is 12.5. The van der Waals surface area contributed by atoms with Crippen molar-refractivity contribution >= 4 is 17.5 Å². The highest BCUT2D eigenvalue weighted by atomic mass is 16.6. The van der Waals surface area contributed by atoms with Crippen LogP contribution in [0, 0.1) is 10.1 Å². The molecule has 3 aromatic rings. The number of carbonyl (C=O) groups is 2. The monoisotopic (exact) mass is 409 g/mol. The van der Waals surface area contributed by atoms with E-state index in [0.717, 1.165) is 23.3 Å². The molecular weight excluding hydrogens is 390 g/mol. The molecule has 3 rings (SSSR count). The van der Waals surface area contributed by atoms with Gasteiger partial charge >= 0.3 is 11.6 Å². The summed E-state index contributed by atoms with van der Waals surface area (Å²) in [5.41, 5.74) is 6.13. The molecule has 1 aromatic heterocycles. The van der Waals surface area contributed by atoms with Crippen molar-refractivity contribution in [2.75, 3.05) is 0 Å². The number of nitrogens with zero attached hydrogens (tertiary/aromatic N) is 1. The molecule has 0 bridgehead atoms. The number of carbonyl (C=O) groups excluding carboxylic acids is 2. The maximum Gasteiger partial charge on any atom is 0.311 e. The summed E-state index contributed by atoms with van der Waals surface area (Å²) in [4.78, 5) is 34.8. The Bertz CT molecular complexity index is 1120.